The molecule has 2 saturated heterocycles. The number of aryl methyl sites for hydroxylation is 2. The van der Waals surface area contributed by atoms with Crippen LogP contribution < -0.4 is 15.6 Å². The van der Waals surface area contributed by atoms with Gasteiger partial charge >= 0.3 is 0 Å². The minimum Gasteiger partial charge on any atom is -0.376 e. The lowest BCUT2D eigenvalue weighted by Crippen LogP contribution is -2.58. The Morgan fingerprint density at radius 3 is 2.68 bits per heavy atom. The van der Waals surface area contributed by atoms with Gasteiger partial charge in [-0.05, 0) is 90.5 Å². The van der Waals surface area contributed by atoms with Crippen molar-refractivity contribution in [3.8, 4) is 0 Å². The van der Waals surface area contributed by atoms with E-state index < -0.39 is 21.8 Å². The van der Waals surface area contributed by atoms with E-state index in [1.807, 2.05) is 6.92 Å². The molecule has 13 heteroatoms. The van der Waals surface area contributed by atoms with Crippen molar-refractivity contribution in [2.45, 2.75) is 119 Å². The zero-order valence-electron chi connectivity index (χ0n) is 26.3. The number of alkyl halides is 1. The lowest BCUT2D eigenvalue weighted by atomic mass is 9.70. The molecule has 1 aromatic heterocycles. The fourth-order valence-corrected chi connectivity index (χ4v) is 11.1. The predicted molar refractivity (Wildman–Crippen MR) is 174 cm³/mol. The molecule has 6 rings (SSSR count). The number of thioether (sulfide) groups is 1. The molecule has 3 aliphatic carbocycles. The minimum atomic E-state index is -3.62. The lowest BCUT2D eigenvalue weighted by molar-refractivity contribution is -0.123. The number of nitrogens with one attached hydrogen (secondary N) is 2. The number of aromatic nitrogens is 2. The van der Waals surface area contributed by atoms with Gasteiger partial charge in [0.1, 0.15) is 5.82 Å². The van der Waals surface area contributed by atoms with Gasteiger partial charge in [0.05, 0.1) is 37.1 Å². The van der Waals surface area contributed by atoms with Crippen LogP contribution in [0.3, 0.4) is 0 Å². The highest BCUT2D eigenvalue weighted by Gasteiger charge is 2.52. The molecular formula is C31H48ClN5O5S2. The Morgan fingerprint density at radius 1 is 1.18 bits per heavy atom. The Morgan fingerprint density at radius 2 is 1.95 bits per heavy atom. The van der Waals surface area contributed by atoms with Gasteiger partial charge in [-0.25, -0.2) is 13.4 Å². The molecule has 4 fully saturated rings. The van der Waals surface area contributed by atoms with Gasteiger partial charge in [0.2, 0.25) is 15.9 Å². The third-order valence-electron chi connectivity index (χ3n) is 10.8. The van der Waals surface area contributed by atoms with Crippen LogP contribution in [-0.4, -0.2) is 95.3 Å². The molecule has 2 saturated carbocycles. The Balaban J connectivity index is 1.14. The summed E-state index contributed by atoms with van der Waals surface area (Å²) in [5.74, 6) is 1.02. The normalized spacial score (nSPS) is 35.7. The molecule has 2 N–H and O–H groups in total. The van der Waals surface area contributed by atoms with E-state index >= 15 is 0 Å². The maximum atomic E-state index is 13.7. The van der Waals surface area contributed by atoms with Gasteiger partial charge in [-0.3, -0.25) is 18.9 Å². The number of amides is 1. The topological polar surface area (TPSA) is 123 Å². The summed E-state index contributed by atoms with van der Waals surface area (Å²) < 4.78 is 34.2. The van der Waals surface area contributed by atoms with Crippen LogP contribution in [0.15, 0.2) is 4.79 Å². The van der Waals surface area contributed by atoms with Gasteiger partial charge < -0.3 is 15.0 Å². The second-order valence-corrected chi connectivity index (χ2v) is 17.5. The maximum Gasteiger partial charge on any atom is 0.257 e. The zero-order chi connectivity index (χ0) is 31.3. The van der Waals surface area contributed by atoms with E-state index in [2.05, 4.69) is 28.9 Å². The van der Waals surface area contributed by atoms with Crippen LogP contribution in [0.5, 0.6) is 0 Å². The van der Waals surface area contributed by atoms with Gasteiger partial charge in [-0.2, -0.15) is 11.8 Å². The van der Waals surface area contributed by atoms with Crippen molar-refractivity contribution < 1.29 is 17.9 Å². The predicted octanol–water partition coefficient (Wildman–Crippen LogP) is 2.47. The first-order valence-electron chi connectivity index (χ1n) is 16.4. The van der Waals surface area contributed by atoms with Crippen LogP contribution in [0.25, 0.3) is 0 Å². The number of carbonyl (C=O) groups is 1. The molecular weight excluding hydrogens is 622 g/mol. The highest BCUT2D eigenvalue weighted by atomic mass is 35.5. The number of piperidine rings is 1. The zero-order valence-corrected chi connectivity index (χ0v) is 28.7. The standard InChI is InChI=1S/C31H48ClN5O5S2/c1-17-13-23(29-28(33-17)25(16-43-29)30(38)35-44(4,40)41)22-14-19(32)5-10-27(22)42-12-11-37-18(2)34-26-9-8-21(15-24(26)31(37)39)36(3)20-6-7-20/h17,19-23,25,27-29,33H,5-16H2,1-4H3,(H,35,38). The molecule has 10 nitrogen and oxygen atoms in total. The summed E-state index contributed by atoms with van der Waals surface area (Å²) in [5, 5.41) is 3.87. The van der Waals surface area contributed by atoms with Crippen molar-refractivity contribution in [3.63, 3.8) is 0 Å². The number of hydrogen-bond acceptors (Lipinski definition) is 9. The highest BCUT2D eigenvalue weighted by Crippen LogP contribution is 2.48. The van der Waals surface area contributed by atoms with E-state index in [-0.39, 0.29) is 40.3 Å². The van der Waals surface area contributed by atoms with E-state index in [4.69, 9.17) is 21.3 Å². The van der Waals surface area contributed by atoms with Crippen molar-refractivity contribution in [3.05, 3.63) is 27.4 Å². The third kappa shape index (κ3) is 7.05. The van der Waals surface area contributed by atoms with E-state index in [0.717, 1.165) is 68.3 Å². The highest BCUT2D eigenvalue weighted by molar-refractivity contribution is 8.00. The molecule has 1 aromatic rings. The molecule has 9 unspecified atom stereocenters. The second kappa shape index (κ2) is 13.1. The Kier molecular flexibility index (Phi) is 9.78. The van der Waals surface area contributed by atoms with Crippen LogP contribution in [-0.2, 0) is 38.9 Å². The van der Waals surface area contributed by atoms with Gasteiger partial charge in [0.15, 0.2) is 0 Å². The van der Waals surface area contributed by atoms with Gasteiger partial charge in [-0.1, -0.05) is 0 Å². The van der Waals surface area contributed by atoms with E-state index in [0.29, 0.717) is 36.9 Å². The number of nitrogens with zero attached hydrogens (tertiary/aromatic N) is 3. The summed E-state index contributed by atoms with van der Waals surface area (Å²) in [7, 11) is -1.42. The minimum absolute atomic E-state index is 0.0172. The Labute approximate surface area is 270 Å². The number of fused-ring (bicyclic) bond motifs is 2. The summed E-state index contributed by atoms with van der Waals surface area (Å²) >= 11 is 8.52. The molecule has 5 aliphatic rings. The monoisotopic (exact) mass is 669 g/mol. The third-order valence-corrected chi connectivity index (χ3v) is 13.3. The van der Waals surface area contributed by atoms with Crippen LogP contribution in [0.2, 0.25) is 0 Å². The number of sulfonamides is 1. The summed E-state index contributed by atoms with van der Waals surface area (Å²) in [6.07, 6.45) is 9.80. The Bertz CT molecular complexity index is 1400. The van der Waals surface area contributed by atoms with Crippen LogP contribution in [0, 0.1) is 24.7 Å². The molecule has 0 aromatic carbocycles. The average Bonchev–Trinajstić information content (AvgIpc) is 3.72. The van der Waals surface area contributed by atoms with Crippen molar-refractivity contribution in [1.29, 1.82) is 0 Å². The van der Waals surface area contributed by atoms with Crippen molar-refractivity contribution in [1.82, 2.24) is 24.5 Å². The second-order valence-electron chi connectivity index (χ2n) is 14.0. The van der Waals surface area contributed by atoms with Crippen LogP contribution in [0.4, 0.5) is 0 Å². The summed E-state index contributed by atoms with van der Waals surface area (Å²) in [6, 6.07) is 1.17. The average molecular weight is 670 g/mol. The van der Waals surface area contributed by atoms with Crippen LogP contribution in [0.1, 0.15) is 69.0 Å². The number of hydrogen-bond donors (Lipinski definition) is 2. The number of ether oxygens (including phenoxy) is 1. The fourth-order valence-electron chi connectivity index (χ4n) is 8.38. The molecule has 0 radical (unpaired) electrons. The fraction of sp³-hybridized carbons (Fsp3) is 0.839. The van der Waals surface area contributed by atoms with Gasteiger partial charge in [0.25, 0.3) is 5.56 Å². The lowest BCUT2D eigenvalue weighted by Gasteiger charge is -2.47. The largest absolute Gasteiger partial charge is 0.376 e. The van der Waals surface area contributed by atoms with Crippen molar-refractivity contribution in [2.24, 2.45) is 17.8 Å². The molecule has 44 heavy (non-hydrogen) atoms. The molecule has 3 heterocycles. The quantitative estimate of drug-likeness (QED) is 0.382. The van der Waals surface area contributed by atoms with Gasteiger partial charge in [0, 0.05) is 46.1 Å². The number of halogens is 1. The summed E-state index contributed by atoms with van der Waals surface area (Å²) in [4.78, 5) is 34.0. The first-order chi connectivity index (χ1) is 20.9. The van der Waals surface area contributed by atoms with Gasteiger partial charge in [-0.15, -0.1) is 11.6 Å². The Hall–Kier alpha value is -1.18. The van der Waals surface area contributed by atoms with E-state index in [1.54, 1.807) is 16.3 Å². The number of carbonyl (C=O) groups excluding carboxylic acids is 1. The van der Waals surface area contributed by atoms with E-state index in [1.165, 1.54) is 12.8 Å². The van der Waals surface area contributed by atoms with Crippen LogP contribution >= 0.6 is 23.4 Å². The van der Waals surface area contributed by atoms with Crippen molar-refractivity contribution >= 4 is 39.3 Å². The molecule has 2 aliphatic heterocycles. The maximum absolute atomic E-state index is 13.7. The summed E-state index contributed by atoms with van der Waals surface area (Å²) in [5.41, 5.74) is 1.93. The summed E-state index contributed by atoms with van der Waals surface area (Å²) in [6.45, 7) is 4.97. The first kappa shape index (κ1) is 32.7. The first-order valence-corrected chi connectivity index (χ1v) is 19.7. The number of rotatable bonds is 9. The SMILES string of the molecule is Cc1nc2c(c(=O)n1CCOC1CCC(Cl)CC1C1CC(C)NC3C(C(=O)NS(C)(=O)=O)CSC13)CC(N(C)C1CC1)CC2. The molecule has 9 atom stereocenters. The molecule has 0 bridgehead atoms. The smallest absolute Gasteiger partial charge is 0.257 e. The molecule has 246 valence electrons. The number of likely N-dealkylation sites (N-methyl/N-ethyl adjacent to an activating group) is 1. The van der Waals surface area contributed by atoms with E-state index in [9.17, 15) is 18.0 Å². The molecule has 1 amide bonds. The molecule has 0 spiro atoms. The van der Waals surface area contributed by atoms with Crippen molar-refractivity contribution in [2.75, 3.05) is 25.7 Å².